The number of aromatic nitrogens is 2. The summed E-state index contributed by atoms with van der Waals surface area (Å²) >= 11 is 3.52. The Bertz CT molecular complexity index is 517. The van der Waals surface area contributed by atoms with Crippen molar-refractivity contribution in [2.24, 2.45) is 7.05 Å². The smallest absolute Gasteiger partial charge is 0.207 e. The van der Waals surface area contributed by atoms with E-state index >= 15 is 0 Å². The third-order valence-corrected chi connectivity index (χ3v) is 3.37. The van der Waals surface area contributed by atoms with Gasteiger partial charge in [-0.3, -0.25) is 0 Å². The molecule has 0 spiro atoms. The molecule has 1 aromatic carbocycles. The van der Waals surface area contributed by atoms with E-state index in [0.717, 1.165) is 21.8 Å². The number of benzene rings is 1. The van der Waals surface area contributed by atoms with Crippen LogP contribution in [-0.4, -0.2) is 9.55 Å². The summed E-state index contributed by atoms with van der Waals surface area (Å²) in [6.07, 6.45) is 2.00. The predicted octanol–water partition coefficient (Wildman–Crippen LogP) is 3.54. The molecular weight excluding hydrogens is 266 g/mol. The van der Waals surface area contributed by atoms with Gasteiger partial charge in [-0.2, -0.15) is 0 Å². The highest BCUT2D eigenvalue weighted by atomic mass is 79.9. The Morgan fingerprint density at radius 2 is 2.06 bits per heavy atom. The first-order valence-corrected chi connectivity index (χ1v) is 5.89. The highest BCUT2D eigenvalue weighted by molar-refractivity contribution is 9.10. The van der Waals surface area contributed by atoms with Crippen molar-refractivity contribution in [1.29, 1.82) is 0 Å². The molecule has 3 nitrogen and oxygen atoms in total. The zero-order valence-electron chi connectivity index (χ0n) is 9.58. The number of anilines is 2. The summed E-state index contributed by atoms with van der Waals surface area (Å²) in [7, 11) is 1.98. The van der Waals surface area contributed by atoms with Gasteiger partial charge >= 0.3 is 0 Å². The Balaban J connectivity index is 2.34. The quantitative estimate of drug-likeness (QED) is 0.911. The minimum Gasteiger partial charge on any atom is -0.325 e. The highest BCUT2D eigenvalue weighted by Gasteiger charge is 2.05. The summed E-state index contributed by atoms with van der Waals surface area (Å²) in [4.78, 5) is 4.41. The van der Waals surface area contributed by atoms with Gasteiger partial charge in [-0.05, 0) is 31.5 Å². The van der Waals surface area contributed by atoms with E-state index in [1.54, 1.807) is 0 Å². The number of rotatable bonds is 2. The monoisotopic (exact) mass is 279 g/mol. The van der Waals surface area contributed by atoms with Crippen LogP contribution >= 0.6 is 15.9 Å². The van der Waals surface area contributed by atoms with Crippen LogP contribution in [0.4, 0.5) is 11.6 Å². The number of nitrogens with one attached hydrogen (secondary N) is 1. The number of hydrogen-bond donors (Lipinski definition) is 1. The molecule has 0 fully saturated rings. The minimum atomic E-state index is 0.860. The Hall–Kier alpha value is -1.29. The van der Waals surface area contributed by atoms with Gasteiger partial charge in [0.25, 0.3) is 0 Å². The molecule has 0 aliphatic heterocycles. The van der Waals surface area contributed by atoms with Gasteiger partial charge in [0.05, 0.1) is 5.69 Å². The first-order valence-electron chi connectivity index (χ1n) is 5.10. The van der Waals surface area contributed by atoms with Gasteiger partial charge in [0.2, 0.25) is 5.95 Å². The molecule has 0 radical (unpaired) electrons. The maximum Gasteiger partial charge on any atom is 0.207 e. The fourth-order valence-corrected chi connectivity index (χ4v) is 1.96. The fraction of sp³-hybridized carbons (Fsp3) is 0.250. The molecule has 0 amide bonds. The van der Waals surface area contributed by atoms with Crippen LogP contribution in [0.15, 0.2) is 28.9 Å². The van der Waals surface area contributed by atoms with Gasteiger partial charge in [-0.15, -0.1) is 0 Å². The second kappa shape index (κ2) is 4.29. The molecule has 4 heteroatoms. The van der Waals surface area contributed by atoms with E-state index in [2.05, 4.69) is 33.2 Å². The van der Waals surface area contributed by atoms with Crippen LogP contribution in [0.2, 0.25) is 0 Å². The fourth-order valence-electron chi connectivity index (χ4n) is 1.60. The van der Waals surface area contributed by atoms with Crippen molar-refractivity contribution in [3.05, 3.63) is 40.1 Å². The second-order valence-corrected chi connectivity index (χ2v) is 4.71. The van der Waals surface area contributed by atoms with Crippen molar-refractivity contribution < 1.29 is 0 Å². The molecule has 0 bridgehead atoms. The normalized spacial score (nSPS) is 10.5. The predicted molar refractivity (Wildman–Crippen MR) is 70.1 cm³/mol. The zero-order valence-corrected chi connectivity index (χ0v) is 11.2. The van der Waals surface area contributed by atoms with Crippen molar-refractivity contribution in [2.45, 2.75) is 13.8 Å². The summed E-state index contributed by atoms with van der Waals surface area (Å²) in [6, 6.07) is 6.09. The van der Waals surface area contributed by atoms with Crippen LogP contribution in [0.1, 0.15) is 11.3 Å². The van der Waals surface area contributed by atoms with Crippen LogP contribution in [0.25, 0.3) is 0 Å². The van der Waals surface area contributed by atoms with E-state index in [4.69, 9.17) is 0 Å². The minimum absolute atomic E-state index is 0.860. The lowest BCUT2D eigenvalue weighted by atomic mass is 10.2. The summed E-state index contributed by atoms with van der Waals surface area (Å²) in [5.41, 5.74) is 3.27. The molecular formula is C12H14BrN3. The molecule has 1 N–H and O–H groups in total. The lowest BCUT2D eigenvalue weighted by molar-refractivity contribution is 0.923. The topological polar surface area (TPSA) is 29.9 Å². The van der Waals surface area contributed by atoms with E-state index in [0.29, 0.717) is 0 Å². The van der Waals surface area contributed by atoms with Crippen molar-refractivity contribution >= 4 is 27.6 Å². The van der Waals surface area contributed by atoms with Gasteiger partial charge in [0.1, 0.15) is 0 Å². The molecule has 2 rings (SSSR count). The highest BCUT2D eigenvalue weighted by Crippen LogP contribution is 2.25. The molecule has 16 heavy (non-hydrogen) atoms. The standard InChI is InChI=1S/C12H14BrN3/c1-8-7-16(3)12(14-8)15-11-6-4-5-10(13)9(11)2/h4-7H,1-3H3,(H,14,15). The van der Waals surface area contributed by atoms with Crippen LogP contribution in [0, 0.1) is 13.8 Å². The SMILES string of the molecule is Cc1cn(C)c(Nc2cccc(Br)c2C)n1. The summed E-state index contributed by atoms with van der Waals surface area (Å²) in [6.45, 7) is 4.06. The summed E-state index contributed by atoms with van der Waals surface area (Å²) < 4.78 is 3.08. The van der Waals surface area contributed by atoms with Crippen molar-refractivity contribution in [3.8, 4) is 0 Å². The molecule has 0 aliphatic rings. The molecule has 0 saturated carbocycles. The second-order valence-electron chi connectivity index (χ2n) is 3.85. The van der Waals surface area contributed by atoms with Crippen molar-refractivity contribution in [1.82, 2.24) is 9.55 Å². The lowest BCUT2D eigenvalue weighted by Gasteiger charge is -2.09. The van der Waals surface area contributed by atoms with Crippen molar-refractivity contribution in [3.63, 3.8) is 0 Å². The molecule has 0 saturated heterocycles. The van der Waals surface area contributed by atoms with E-state index in [1.807, 2.05) is 42.9 Å². The van der Waals surface area contributed by atoms with Crippen LogP contribution < -0.4 is 5.32 Å². The van der Waals surface area contributed by atoms with Crippen LogP contribution in [0.3, 0.4) is 0 Å². The molecule has 2 aromatic rings. The van der Waals surface area contributed by atoms with E-state index in [1.165, 1.54) is 5.56 Å². The molecule has 0 aliphatic carbocycles. The number of halogens is 1. The van der Waals surface area contributed by atoms with Crippen LogP contribution in [0.5, 0.6) is 0 Å². The van der Waals surface area contributed by atoms with Gasteiger partial charge in [0, 0.05) is 23.4 Å². The van der Waals surface area contributed by atoms with Gasteiger partial charge in [0.15, 0.2) is 0 Å². The Kier molecular flexibility index (Phi) is 3.01. The zero-order chi connectivity index (χ0) is 11.7. The van der Waals surface area contributed by atoms with Crippen LogP contribution in [-0.2, 0) is 7.05 Å². The van der Waals surface area contributed by atoms with E-state index in [-0.39, 0.29) is 0 Å². The summed E-state index contributed by atoms with van der Waals surface area (Å²) in [5, 5.41) is 3.32. The number of hydrogen-bond acceptors (Lipinski definition) is 2. The maximum atomic E-state index is 4.41. The van der Waals surface area contributed by atoms with Crippen molar-refractivity contribution in [2.75, 3.05) is 5.32 Å². The molecule has 0 atom stereocenters. The Morgan fingerprint density at radius 1 is 1.31 bits per heavy atom. The Morgan fingerprint density at radius 3 is 2.69 bits per heavy atom. The first kappa shape index (κ1) is 11.2. The first-order chi connectivity index (χ1) is 7.58. The average Bonchev–Trinajstić information content (AvgIpc) is 2.53. The average molecular weight is 280 g/mol. The third-order valence-electron chi connectivity index (χ3n) is 2.51. The van der Waals surface area contributed by atoms with Gasteiger partial charge in [-0.25, -0.2) is 4.98 Å². The summed E-state index contributed by atoms with van der Waals surface area (Å²) in [5.74, 6) is 0.860. The molecule has 1 aromatic heterocycles. The largest absolute Gasteiger partial charge is 0.325 e. The lowest BCUT2D eigenvalue weighted by Crippen LogP contribution is -2.00. The number of imidazole rings is 1. The molecule has 84 valence electrons. The van der Waals surface area contributed by atoms with Gasteiger partial charge < -0.3 is 9.88 Å². The third kappa shape index (κ3) is 2.11. The maximum absolute atomic E-state index is 4.41. The molecule has 0 unspecified atom stereocenters. The molecule has 1 heterocycles. The van der Waals surface area contributed by atoms with E-state index < -0.39 is 0 Å². The van der Waals surface area contributed by atoms with E-state index in [9.17, 15) is 0 Å². The Labute approximate surface area is 104 Å². The van der Waals surface area contributed by atoms with Gasteiger partial charge in [-0.1, -0.05) is 22.0 Å². The number of aryl methyl sites for hydroxylation is 2. The number of nitrogens with zero attached hydrogens (tertiary/aromatic N) is 2.